The highest BCUT2D eigenvalue weighted by Crippen LogP contribution is 2.33. The maximum Gasteiger partial charge on any atom is 0.231 e. The molecule has 3 rings (SSSR count). The first kappa shape index (κ1) is 11.7. The third-order valence-electron chi connectivity index (χ3n) is 2.65. The van der Waals surface area contributed by atoms with Crippen LogP contribution in [0.15, 0.2) is 36.0 Å². The van der Waals surface area contributed by atoms with Crippen LogP contribution in [-0.4, -0.2) is 17.1 Å². The van der Waals surface area contributed by atoms with Crippen LogP contribution in [0.1, 0.15) is 0 Å². The van der Waals surface area contributed by atoms with Gasteiger partial charge >= 0.3 is 0 Å². The van der Waals surface area contributed by atoms with Gasteiger partial charge in [0.05, 0.1) is 18.2 Å². The molecule has 96 valence electrons. The minimum atomic E-state index is 0.501. The van der Waals surface area contributed by atoms with Gasteiger partial charge in [-0.15, -0.1) is 11.3 Å². The Morgan fingerprint density at radius 3 is 2.89 bits per heavy atom. The van der Waals surface area contributed by atoms with E-state index in [2.05, 4.69) is 9.97 Å². The van der Waals surface area contributed by atoms with Gasteiger partial charge in [-0.25, -0.2) is 9.97 Å². The second-order valence-corrected chi connectivity index (χ2v) is 4.72. The maximum absolute atomic E-state index is 5.92. The van der Waals surface area contributed by atoms with Crippen molar-refractivity contribution in [3.63, 3.8) is 0 Å². The first-order chi connectivity index (χ1) is 9.28. The van der Waals surface area contributed by atoms with E-state index in [1.54, 1.807) is 25.3 Å². The van der Waals surface area contributed by atoms with Crippen LogP contribution in [0.5, 0.6) is 17.4 Å². The van der Waals surface area contributed by atoms with Crippen molar-refractivity contribution < 1.29 is 9.47 Å². The van der Waals surface area contributed by atoms with Crippen molar-refractivity contribution in [3.05, 3.63) is 36.0 Å². The Balaban J connectivity index is 1.99. The van der Waals surface area contributed by atoms with E-state index in [0.29, 0.717) is 23.1 Å². The number of hydrogen-bond acceptors (Lipinski definition) is 6. The molecule has 19 heavy (non-hydrogen) atoms. The topological polar surface area (TPSA) is 70.3 Å². The van der Waals surface area contributed by atoms with Crippen LogP contribution in [0.3, 0.4) is 0 Å². The van der Waals surface area contributed by atoms with E-state index >= 15 is 0 Å². The summed E-state index contributed by atoms with van der Waals surface area (Å²) in [4.78, 5) is 9.20. The summed E-state index contributed by atoms with van der Waals surface area (Å²) in [6.07, 6.45) is 1.48. The van der Waals surface area contributed by atoms with E-state index in [0.717, 1.165) is 10.2 Å². The van der Waals surface area contributed by atoms with Crippen molar-refractivity contribution in [2.75, 3.05) is 12.8 Å². The molecular formula is C13H11N3O2S. The maximum atomic E-state index is 5.92. The number of anilines is 1. The lowest BCUT2D eigenvalue weighted by Gasteiger charge is -2.09. The zero-order valence-corrected chi connectivity index (χ0v) is 11.0. The molecule has 1 aromatic carbocycles. The Kier molecular flexibility index (Phi) is 2.92. The Labute approximate surface area is 113 Å². The normalized spacial score (nSPS) is 10.6. The number of thiophene rings is 1. The van der Waals surface area contributed by atoms with Crippen LogP contribution in [0.25, 0.3) is 10.2 Å². The molecule has 2 N–H and O–H groups in total. The second-order valence-electron chi connectivity index (χ2n) is 3.82. The average Bonchev–Trinajstić information content (AvgIpc) is 2.90. The Bertz CT molecular complexity index is 727. The molecule has 2 heterocycles. The Morgan fingerprint density at radius 2 is 2.11 bits per heavy atom. The molecule has 0 amide bonds. The van der Waals surface area contributed by atoms with Crippen molar-refractivity contribution in [1.82, 2.24) is 9.97 Å². The van der Waals surface area contributed by atoms with Crippen molar-refractivity contribution in [2.45, 2.75) is 0 Å². The Morgan fingerprint density at radius 1 is 1.21 bits per heavy atom. The summed E-state index contributed by atoms with van der Waals surface area (Å²) >= 11 is 1.54. The lowest BCUT2D eigenvalue weighted by Crippen LogP contribution is -1.95. The SMILES string of the molecule is COc1ccc(Oc2ncnc3sccc23)c(N)c1. The van der Waals surface area contributed by atoms with E-state index in [1.165, 1.54) is 17.7 Å². The first-order valence-electron chi connectivity index (χ1n) is 5.57. The summed E-state index contributed by atoms with van der Waals surface area (Å²) in [7, 11) is 1.59. The average molecular weight is 273 g/mol. The number of fused-ring (bicyclic) bond motifs is 1. The summed E-state index contributed by atoms with van der Waals surface area (Å²) in [6.45, 7) is 0. The molecule has 0 saturated heterocycles. The number of aromatic nitrogens is 2. The first-order valence-corrected chi connectivity index (χ1v) is 6.45. The number of rotatable bonds is 3. The zero-order valence-electron chi connectivity index (χ0n) is 10.2. The van der Waals surface area contributed by atoms with Gasteiger partial charge in [0.25, 0.3) is 0 Å². The van der Waals surface area contributed by atoms with Crippen LogP contribution in [0.2, 0.25) is 0 Å². The van der Waals surface area contributed by atoms with E-state index in [9.17, 15) is 0 Å². The molecule has 0 aliphatic heterocycles. The molecule has 0 aliphatic carbocycles. The van der Waals surface area contributed by atoms with Crippen molar-refractivity contribution in [1.29, 1.82) is 0 Å². The van der Waals surface area contributed by atoms with Gasteiger partial charge in [0, 0.05) is 6.07 Å². The lowest BCUT2D eigenvalue weighted by molar-refractivity contribution is 0.413. The van der Waals surface area contributed by atoms with Gasteiger partial charge in [0.1, 0.15) is 16.9 Å². The molecule has 0 fully saturated rings. The van der Waals surface area contributed by atoms with Gasteiger partial charge < -0.3 is 15.2 Å². The lowest BCUT2D eigenvalue weighted by atomic mass is 10.3. The quantitative estimate of drug-likeness (QED) is 0.742. The highest BCUT2D eigenvalue weighted by Gasteiger charge is 2.09. The van der Waals surface area contributed by atoms with Crippen LogP contribution in [0, 0.1) is 0 Å². The van der Waals surface area contributed by atoms with E-state index in [-0.39, 0.29) is 0 Å². The van der Waals surface area contributed by atoms with Crippen LogP contribution >= 0.6 is 11.3 Å². The van der Waals surface area contributed by atoms with E-state index in [4.69, 9.17) is 15.2 Å². The number of nitrogens with zero attached hydrogens (tertiary/aromatic N) is 2. The van der Waals surface area contributed by atoms with Crippen molar-refractivity contribution >= 4 is 27.2 Å². The number of methoxy groups -OCH3 is 1. The molecule has 0 radical (unpaired) electrons. The molecule has 2 aromatic heterocycles. The number of benzene rings is 1. The fourth-order valence-corrected chi connectivity index (χ4v) is 2.42. The molecule has 0 atom stereocenters. The monoisotopic (exact) mass is 273 g/mol. The summed E-state index contributed by atoms with van der Waals surface area (Å²) < 4.78 is 10.9. The van der Waals surface area contributed by atoms with Crippen molar-refractivity contribution in [3.8, 4) is 17.4 Å². The molecular weight excluding hydrogens is 262 g/mol. The summed E-state index contributed by atoms with van der Waals surface area (Å²) in [5.41, 5.74) is 6.42. The number of nitrogens with two attached hydrogens (primary N) is 1. The molecule has 0 aliphatic rings. The summed E-state index contributed by atoms with van der Waals surface area (Å²) in [5, 5.41) is 2.83. The van der Waals surface area contributed by atoms with E-state index < -0.39 is 0 Å². The molecule has 0 bridgehead atoms. The van der Waals surface area contributed by atoms with Gasteiger partial charge in [0.15, 0.2) is 5.75 Å². The predicted molar refractivity (Wildman–Crippen MR) is 74.9 cm³/mol. The molecule has 0 unspecified atom stereocenters. The number of hydrogen-bond donors (Lipinski definition) is 1. The van der Waals surface area contributed by atoms with Gasteiger partial charge in [0.2, 0.25) is 5.88 Å². The molecule has 0 spiro atoms. The third kappa shape index (κ3) is 2.17. The molecule has 3 aromatic rings. The molecule has 6 heteroatoms. The number of ether oxygens (including phenoxy) is 2. The van der Waals surface area contributed by atoms with Gasteiger partial charge in [-0.1, -0.05) is 0 Å². The highest BCUT2D eigenvalue weighted by molar-refractivity contribution is 7.16. The standard InChI is InChI=1S/C13H11N3O2S/c1-17-8-2-3-11(10(14)6-8)18-12-9-4-5-19-13(9)16-7-15-12/h2-7H,14H2,1H3. The number of nitrogen functional groups attached to an aromatic ring is 1. The minimum Gasteiger partial charge on any atom is -0.497 e. The minimum absolute atomic E-state index is 0.501. The fraction of sp³-hybridized carbons (Fsp3) is 0.0769. The Hall–Kier alpha value is -2.34. The van der Waals surface area contributed by atoms with E-state index in [1.807, 2.05) is 11.4 Å². The second kappa shape index (κ2) is 4.74. The summed E-state index contributed by atoms with van der Waals surface area (Å²) in [6, 6.07) is 7.18. The van der Waals surface area contributed by atoms with Gasteiger partial charge in [-0.2, -0.15) is 0 Å². The van der Waals surface area contributed by atoms with Gasteiger partial charge in [-0.05, 0) is 23.6 Å². The molecule has 0 saturated carbocycles. The predicted octanol–water partition coefficient (Wildman–Crippen LogP) is 3.07. The van der Waals surface area contributed by atoms with Crippen LogP contribution < -0.4 is 15.2 Å². The van der Waals surface area contributed by atoms with Crippen LogP contribution in [0.4, 0.5) is 5.69 Å². The summed E-state index contributed by atoms with van der Waals surface area (Å²) in [5.74, 6) is 1.74. The molecule has 5 nitrogen and oxygen atoms in total. The van der Waals surface area contributed by atoms with Gasteiger partial charge in [-0.3, -0.25) is 0 Å². The highest BCUT2D eigenvalue weighted by atomic mass is 32.1. The third-order valence-corrected chi connectivity index (χ3v) is 3.47. The van der Waals surface area contributed by atoms with Crippen molar-refractivity contribution in [2.24, 2.45) is 0 Å². The largest absolute Gasteiger partial charge is 0.497 e. The van der Waals surface area contributed by atoms with Crippen LogP contribution in [-0.2, 0) is 0 Å². The fourth-order valence-electron chi connectivity index (χ4n) is 1.70. The smallest absolute Gasteiger partial charge is 0.231 e. The zero-order chi connectivity index (χ0) is 13.2.